The van der Waals surface area contributed by atoms with Gasteiger partial charge in [0.05, 0.1) is 10.1 Å². The van der Waals surface area contributed by atoms with Crippen LogP contribution in [0.25, 0.3) is 0 Å². The SMILES string of the molecule is CC(C)c1ccc(S(=O)(=O)C2CCCCCC2CN)cc1. The van der Waals surface area contributed by atoms with E-state index in [0.29, 0.717) is 17.4 Å². The molecule has 2 unspecified atom stereocenters. The lowest BCUT2D eigenvalue weighted by atomic mass is 10.0. The molecule has 0 aliphatic heterocycles. The highest BCUT2D eigenvalue weighted by Gasteiger charge is 2.34. The van der Waals surface area contributed by atoms with Crippen molar-refractivity contribution in [2.45, 2.75) is 62.0 Å². The molecule has 21 heavy (non-hydrogen) atoms. The van der Waals surface area contributed by atoms with Crippen molar-refractivity contribution < 1.29 is 8.42 Å². The first-order valence-electron chi connectivity index (χ1n) is 8.00. The summed E-state index contributed by atoms with van der Waals surface area (Å²) in [5, 5.41) is -0.310. The molecule has 0 spiro atoms. The summed E-state index contributed by atoms with van der Waals surface area (Å²) in [7, 11) is -3.27. The Morgan fingerprint density at radius 2 is 1.71 bits per heavy atom. The standard InChI is InChI=1S/C17H27NO2S/c1-13(2)14-8-10-16(11-9-14)21(19,20)17-7-5-3-4-6-15(17)12-18/h8-11,13,15,17H,3-7,12,18H2,1-2H3. The molecule has 0 saturated heterocycles. The second-order valence-electron chi connectivity index (χ2n) is 6.44. The van der Waals surface area contributed by atoms with Crippen LogP contribution in [0.4, 0.5) is 0 Å². The molecule has 0 aromatic heterocycles. The highest BCUT2D eigenvalue weighted by atomic mass is 32.2. The molecule has 2 atom stereocenters. The van der Waals surface area contributed by atoms with Crippen molar-refractivity contribution in [2.75, 3.05) is 6.54 Å². The first kappa shape index (κ1) is 16.5. The van der Waals surface area contributed by atoms with Crippen LogP contribution in [0.15, 0.2) is 29.2 Å². The maximum atomic E-state index is 12.9. The van der Waals surface area contributed by atoms with Crippen LogP contribution in [0.1, 0.15) is 57.4 Å². The Labute approximate surface area is 128 Å². The van der Waals surface area contributed by atoms with Gasteiger partial charge in [-0.2, -0.15) is 0 Å². The van der Waals surface area contributed by atoms with Gasteiger partial charge in [-0.1, -0.05) is 45.2 Å². The van der Waals surface area contributed by atoms with Crippen molar-refractivity contribution in [3.05, 3.63) is 29.8 Å². The summed E-state index contributed by atoms with van der Waals surface area (Å²) in [6.07, 6.45) is 4.89. The first-order valence-corrected chi connectivity index (χ1v) is 9.55. The van der Waals surface area contributed by atoms with Crippen molar-refractivity contribution in [3.63, 3.8) is 0 Å². The van der Waals surface area contributed by atoms with Gasteiger partial charge >= 0.3 is 0 Å². The van der Waals surface area contributed by atoms with Gasteiger partial charge in [0.2, 0.25) is 0 Å². The summed E-state index contributed by atoms with van der Waals surface area (Å²) < 4.78 is 25.9. The molecule has 1 aromatic carbocycles. The van der Waals surface area contributed by atoms with E-state index >= 15 is 0 Å². The number of hydrogen-bond acceptors (Lipinski definition) is 3. The van der Waals surface area contributed by atoms with Gasteiger partial charge in [0.1, 0.15) is 0 Å². The summed E-state index contributed by atoms with van der Waals surface area (Å²) in [5.41, 5.74) is 7.01. The Bertz CT molecular complexity index is 549. The molecule has 1 aliphatic carbocycles. The van der Waals surface area contributed by atoms with Crippen LogP contribution in [-0.2, 0) is 9.84 Å². The summed E-state index contributed by atoms with van der Waals surface area (Å²) >= 11 is 0. The molecule has 4 heteroatoms. The Morgan fingerprint density at radius 1 is 1.10 bits per heavy atom. The van der Waals surface area contributed by atoms with Gasteiger partial charge < -0.3 is 5.73 Å². The van der Waals surface area contributed by atoms with E-state index in [1.54, 1.807) is 12.1 Å². The highest BCUT2D eigenvalue weighted by molar-refractivity contribution is 7.92. The van der Waals surface area contributed by atoms with Gasteiger partial charge in [-0.15, -0.1) is 0 Å². The number of benzene rings is 1. The van der Waals surface area contributed by atoms with Crippen LogP contribution < -0.4 is 5.73 Å². The van der Waals surface area contributed by atoms with E-state index in [1.165, 1.54) is 5.56 Å². The molecule has 2 rings (SSSR count). The van der Waals surface area contributed by atoms with Crippen molar-refractivity contribution >= 4 is 9.84 Å². The fraction of sp³-hybridized carbons (Fsp3) is 0.647. The molecular weight excluding hydrogens is 282 g/mol. The summed E-state index contributed by atoms with van der Waals surface area (Å²) in [4.78, 5) is 0.456. The molecule has 118 valence electrons. The first-order chi connectivity index (χ1) is 9.96. The lowest BCUT2D eigenvalue weighted by molar-refractivity contribution is 0.456. The average molecular weight is 309 g/mol. The zero-order valence-electron chi connectivity index (χ0n) is 13.1. The molecule has 0 heterocycles. The lowest BCUT2D eigenvalue weighted by Gasteiger charge is -2.24. The predicted octanol–water partition coefficient (Wildman–Crippen LogP) is 3.49. The zero-order chi connectivity index (χ0) is 15.5. The molecule has 0 amide bonds. The largest absolute Gasteiger partial charge is 0.330 e. The summed E-state index contributed by atoms with van der Waals surface area (Å²) in [6, 6.07) is 7.41. The number of nitrogens with two attached hydrogens (primary N) is 1. The van der Waals surface area contributed by atoms with Gasteiger partial charge in [0.25, 0.3) is 0 Å². The molecular formula is C17H27NO2S. The fourth-order valence-corrected chi connectivity index (χ4v) is 5.34. The van der Waals surface area contributed by atoms with E-state index in [1.807, 2.05) is 12.1 Å². The smallest absolute Gasteiger partial charge is 0.181 e. The van der Waals surface area contributed by atoms with Gasteiger partial charge in [-0.3, -0.25) is 0 Å². The van der Waals surface area contributed by atoms with Crippen LogP contribution >= 0.6 is 0 Å². The second kappa shape index (κ2) is 6.93. The van der Waals surface area contributed by atoms with Gasteiger partial charge in [-0.05, 0) is 48.9 Å². The average Bonchev–Trinajstić information content (AvgIpc) is 2.72. The van der Waals surface area contributed by atoms with Crippen LogP contribution in [0, 0.1) is 5.92 Å². The maximum absolute atomic E-state index is 12.9. The number of sulfone groups is 1. The molecule has 3 nitrogen and oxygen atoms in total. The zero-order valence-corrected chi connectivity index (χ0v) is 13.9. The van der Waals surface area contributed by atoms with E-state index in [-0.39, 0.29) is 11.2 Å². The third-order valence-corrected chi connectivity index (χ3v) is 7.01. The minimum absolute atomic E-state index is 0.0993. The van der Waals surface area contributed by atoms with Crippen LogP contribution in [0.5, 0.6) is 0 Å². The second-order valence-corrected chi connectivity index (χ2v) is 8.61. The van der Waals surface area contributed by atoms with Gasteiger partial charge in [0, 0.05) is 0 Å². The quantitative estimate of drug-likeness (QED) is 0.866. The minimum Gasteiger partial charge on any atom is -0.330 e. The Morgan fingerprint density at radius 3 is 2.29 bits per heavy atom. The number of hydrogen-bond donors (Lipinski definition) is 1. The Balaban J connectivity index is 2.30. The van der Waals surface area contributed by atoms with Gasteiger partial charge in [-0.25, -0.2) is 8.42 Å². The monoisotopic (exact) mass is 309 g/mol. The number of rotatable bonds is 4. The molecule has 0 bridgehead atoms. The molecule has 1 aliphatic rings. The Kier molecular flexibility index (Phi) is 5.44. The molecule has 1 saturated carbocycles. The molecule has 2 N–H and O–H groups in total. The van der Waals surface area contributed by atoms with Crippen LogP contribution in [-0.4, -0.2) is 20.2 Å². The summed E-state index contributed by atoms with van der Waals surface area (Å²) in [5.74, 6) is 0.513. The predicted molar refractivity (Wildman–Crippen MR) is 87.1 cm³/mol. The van der Waals surface area contributed by atoms with Crippen molar-refractivity contribution in [1.29, 1.82) is 0 Å². The fourth-order valence-electron chi connectivity index (χ4n) is 3.25. The van der Waals surface area contributed by atoms with Crippen molar-refractivity contribution in [3.8, 4) is 0 Å². The summed E-state index contributed by atoms with van der Waals surface area (Å²) in [6.45, 7) is 4.69. The third-order valence-electron chi connectivity index (χ3n) is 4.67. The van der Waals surface area contributed by atoms with Crippen LogP contribution in [0.2, 0.25) is 0 Å². The van der Waals surface area contributed by atoms with Crippen molar-refractivity contribution in [1.82, 2.24) is 0 Å². The van der Waals surface area contributed by atoms with E-state index < -0.39 is 9.84 Å². The van der Waals surface area contributed by atoms with E-state index in [2.05, 4.69) is 13.8 Å². The maximum Gasteiger partial charge on any atom is 0.181 e. The topological polar surface area (TPSA) is 60.2 Å². The minimum atomic E-state index is -3.27. The molecule has 1 aromatic rings. The van der Waals surface area contributed by atoms with E-state index in [9.17, 15) is 8.42 Å². The van der Waals surface area contributed by atoms with Crippen molar-refractivity contribution in [2.24, 2.45) is 11.7 Å². The normalized spacial score (nSPS) is 24.0. The Hall–Kier alpha value is -0.870. The van der Waals surface area contributed by atoms with Crippen LogP contribution in [0.3, 0.4) is 0 Å². The third kappa shape index (κ3) is 3.67. The molecule has 1 fully saturated rings. The molecule has 0 radical (unpaired) electrons. The van der Waals surface area contributed by atoms with E-state index in [4.69, 9.17) is 5.73 Å². The lowest BCUT2D eigenvalue weighted by Crippen LogP contribution is -2.34. The highest BCUT2D eigenvalue weighted by Crippen LogP contribution is 2.32. The van der Waals surface area contributed by atoms with E-state index in [0.717, 1.165) is 32.1 Å². The van der Waals surface area contributed by atoms with Gasteiger partial charge in [0.15, 0.2) is 9.84 Å².